The minimum Gasteiger partial charge on any atom is -0.314 e. The lowest BCUT2D eigenvalue weighted by molar-refractivity contribution is 0.231. The molecule has 21 heavy (non-hydrogen) atoms. The topological polar surface area (TPSA) is 46.0 Å². The van der Waals surface area contributed by atoms with Crippen molar-refractivity contribution in [2.75, 3.05) is 26.7 Å². The number of hydrogen-bond acceptors (Lipinski definition) is 4. The van der Waals surface area contributed by atoms with E-state index in [1.165, 1.54) is 25.9 Å². The van der Waals surface area contributed by atoms with Gasteiger partial charge in [-0.25, -0.2) is 0 Å². The minimum atomic E-state index is 0.764. The van der Waals surface area contributed by atoms with Gasteiger partial charge in [-0.15, -0.1) is 5.10 Å². The first-order valence-electron chi connectivity index (χ1n) is 8.27. The summed E-state index contributed by atoms with van der Waals surface area (Å²) >= 11 is 0. The van der Waals surface area contributed by atoms with Crippen LogP contribution in [0.5, 0.6) is 0 Å². The lowest BCUT2D eigenvalue weighted by atomic mass is 10.1. The predicted octanol–water partition coefficient (Wildman–Crippen LogP) is 2.39. The van der Waals surface area contributed by atoms with Crippen molar-refractivity contribution < 1.29 is 0 Å². The first-order valence-corrected chi connectivity index (χ1v) is 8.27. The number of nitrogens with one attached hydrogen (secondary N) is 1. The fraction of sp³-hybridized carbons (Fsp3) is 0.875. The molecule has 1 rings (SSSR count). The Balaban J connectivity index is 2.42. The second kappa shape index (κ2) is 9.90. The highest BCUT2D eigenvalue weighted by atomic mass is 15.4. The Hall–Kier alpha value is -0.940. The minimum absolute atomic E-state index is 0.764. The Labute approximate surface area is 130 Å². The van der Waals surface area contributed by atoms with Crippen molar-refractivity contribution in [1.29, 1.82) is 0 Å². The van der Waals surface area contributed by atoms with E-state index in [-0.39, 0.29) is 0 Å². The predicted molar refractivity (Wildman–Crippen MR) is 88.1 cm³/mol. The van der Waals surface area contributed by atoms with Crippen molar-refractivity contribution in [3.05, 3.63) is 11.9 Å². The van der Waals surface area contributed by atoms with Crippen LogP contribution in [0, 0.1) is 11.8 Å². The van der Waals surface area contributed by atoms with Crippen molar-refractivity contribution in [2.24, 2.45) is 11.8 Å². The fourth-order valence-electron chi connectivity index (χ4n) is 2.17. The van der Waals surface area contributed by atoms with Gasteiger partial charge in [0.1, 0.15) is 0 Å². The average molecular weight is 295 g/mol. The molecule has 1 aromatic heterocycles. The smallest absolute Gasteiger partial charge is 0.0964 e. The highest BCUT2D eigenvalue weighted by Crippen LogP contribution is 2.07. The van der Waals surface area contributed by atoms with Gasteiger partial charge in [-0.05, 0) is 44.8 Å². The largest absolute Gasteiger partial charge is 0.314 e. The molecule has 5 nitrogen and oxygen atoms in total. The summed E-state index contributed by atoms with van der Waals surface area (Å²) in [5.74, 6) is 1.53. The molecule has 0 saturated heterocycles. The summed E-state index contributed by atoms with van der Waals surface area (Å²) < 4.78 is 1.96. The molecule has 1 heterocycles. The van der Waals surface area contributed by atoms with E-state index in [4.69, 9.17) is 0 Å². The van der Waals surface area contributed by atoms with Crippen molar-refractivity contribution in [3.63, 3.8) is 0 Å². The quantitative estimate of drug-likeness (QED) is 0.681. The summed E-state index contributed by atoms with van der Waals surface area (Å²) in [6.07, 6.45) is 4.57. The molecule has 0 aliphatic rings. The molecule has 0 amide bonds. The normalized spacial score (nSPS) is 12.0. The molecule has 0 aliphatic heterocycles. The van der Waals surface area contributed by atoms with Crippen LogP contribution in [-0.4, -0.2) is 46.6 Å². The Bertz CT molecular complexity index is 360. The van der Waals surface area contributed by atoms with Gasteiger partial charge in [-0.2, -0.15) is 0 Å². The molecular weight excluding hydrogens is 262 g/mol. The van der Waals surface area contributed by atoms with Crippen molar-refractivity contribution in [3.8, 4) is 0 Å². The van der Waals surface area contributed by atoms with Crippen LogP contribution >= 0.6 is 0 Å². The zero-order valence-electron chi connectivity index (χ0n) is 14.5. The van der Waals surface area contributed by atoms with E-state index in [0.29, 0.717) is 0 Å². The van der Waals surface area contributed by atoms with Gasteiger partial charge >= 0.3 is 0 Å². The Morgan fingerprint density at radius 1 is 1.10 bits per heavy atom. The first-order chi connectivity index (χ1) is 10.0. The zero-order valence-corrected chi connectivity index (χ0v) is 14.5. The average Bonchev–Trinajstić information content (AvgIpc) is 2.85. The van der Waals surface area contributed by atoms with E-state index in [1.54, 1.807) is 0 Å². The molecule has 0 atom stereocenters. The highest BCUT2D eigenvalue weighted by molar-refractivity contribution is 4.91. The van der Waals surface area contributed by atoms with Crippen LogP contribution in [0.25, 0.3) is 0 Å². The molecule has 122 valence electrons. The number of nitrogens with zero attached hydrogens (tertiary/aromatic N) is 4. The number of aromatic nitrogens is 3. The van der Waals surface area contributed by atoms with E-state index in [2.05, 4.69) is 48.2 Å². The molecule has 0 bridgehead atoms. The van der Waals surface area contributed by atoms with Crippen molar-refractivity contribution in [2.45, 2.75) is 53.6 Å². The van der Waals surface area contributed by atoms with Crippen molar-refractivity contribution >= 4 is 0 Å². The molecule has 0 saturated carbocycles. The van der Waals surface area contributed by atoms with E-state index < -0.39 is 0 Å². The zero-order chi connectivity index (χ0) is 15.7. The van der Waals surface area contributed by atoms with Crippen LogP contribution < -0.4 is 5.32 Å². The van der Waals surface area contributed by atoms with E-state index in [1.807, 2.05) is 17.9 Å². The first kappa shape index (κ1) is 18.1. The molecule has 0 unspecified atom stereocenters. The third-order valence-corrected chi connectivity index (χ3v) is 3.63. The summed E-state index contributed by atoms with van der Waals surface area (Å²) in [5, 5.41) is 11.5. The third-order valence-electron chi connectivity index (χ3n) is 3.63. The number of hydrogen-bond donors (Lipinski definition) is 1. The van der Waals surface area contributed by atoms with Crippen LogP contribution in [0.15, 0.2) is 6.20 Å². The van der Waals surface area contributed by atoms with E-state index >= 15 is 0 Å². The monoisotopic (exact) mass is 295 g/mol. The van der Waals surface area contributed by atoms with Gasteiger partial charge in [0.05, 0.1) is 12.2 Å². The molecular formula is C16H33N5. The summed E-state index contributed by atoms with van der Waals surface area (Å²) in [7, 11) is 1.93. The fourth-order valence-corrected chi connectivity index (χ4v) is 2.17. The molecule has 0 radical (unpaired) electrons. The Morgan fingerprint density at radius 2 is 1.71 bits per heavy atom. The van der Waals surface area contributed by atoms with Gasteiger partial charge < -0.3 is 10.2 Å². The molecule has 0 fully saturated rings. The van der Waals surface area contributed by atoms with Gasteiger partial charge in [-0.3, -0.25) is 4.68 Å². The summed E-state index contributed by atoms with van der Waals surface area (Å²) in [4.78, 5) is 2.57. The maximum absolute atomic E-state index is 4.20. The van der Waals surface area contributed by atoms with Gasteiger partial charge in [-0.1, -0.05) is 32.9 Å². The van der Waals surface area contributed by atoms with Crippen molar-refractivity contribution in [1.82, 2.24) is 25.2 Å². The number of rotatable bonds is 11. The van der Waals surface area contributed by atoms with Gasteiger partial charge in [0.15, 0.2) is 0 Å². The summed E-state index contributed by atoms with van der Waals surface area (Å²) in [6.45, 7) is 14.3. The molecule has 1 N–H and O–H groups in total. The molecule has 5 heteroatoms. The lowest BCUT2D eigenvalue weighted by Crippen LogP contribution is -2.31. The van der Waals surface area contributed by atoms with Gasteiger partial charge in [0, 0.05) is 19.3 Å². The summed E-state index contributed by atoms with van der Waals surface area (Å²) in [5.41, 5.74) is 1.01. The van der Waals surface area contributed by atoms with Crippen LogP contribution in [0.1, 0.15) is 46.2 Å². The maximum Gasteiger partial charge on any atom is 0.0964 e. The molecule has 0 spiro atoms. The maximum atomic E-state index is 4.20. The second-order valence-corrected chi connectivity index (χ2v) is 6.71. The molecule has 1 aromatic rings. The highest BCUT2D eigenvalue weighted by Gasteiger charge is 2.08. The van der Waals surface area contributed by atoms with E-state index in [0.717, 1.165) is 37.2 Å². The second-order valence-electron chi connectivity index (χ2n) is 6.71. The van der Waals surface area contributed by atoms with Gasteiger partial charge in [0.2, 0.25) is 0 Å². The van der Waals surface area contributed by atoms with Crippen LogP contribution in [-0.2, 0) is 13.1 Å². The molecule has 0 aliphatic carbocycles. The molecule has 0 aromatic carbocycles. The SMILES string of the molecule is CNCc1cn(CCN(CCC(C)C)CCC(C)C)nn1. The standard InChI is InChI=1S/C16H33N5/c1-14(2)6-8-20(9-7-15(3)4)10-11-21-13-16(12-17-5)18-19-21/h13-15,17H,6-12H2,1-5H3. The van der Waals surface area contributed by atoms with Gasteiger partial charge in [0.25, 0.3) is 0 Å². The lowest BCUT2D eigenvalue weighted by Gasteiger charge is -2.24. The van der Waals surface area contributed by atoms with Crippen LogP contribution in [0.2, 0.25) is 0 Å². The Kier molecular flexibility index (Phi) is 8.54. The van der Waals surface area contributed by atoms with E-state index in [9.17, 15) is 0 Å². The Morgan fingerprint density at radius 3 is 2.24 bits per heavy atom. The third kappa shape index (κ3) is 8.17. The van der Waals surface area contributed by atoms with Crippen LogP contribution in [0.4, 0.5) is 0 Å². The van der Waals surface area contributed by atoms with Crippen LogP contribution in [0.3, 0.4) is 0 Å². The summed E-state index contributed by atoms with van der Waals surface area (Å²) in [6, 6.07) is 0.